The zero-order valence-corrected chi connectivity index (χ0v) is 7.52. The molecule has 0 radical (unpaired) electrons. The van der Waals surface area contributed by atoms with Gasteiger partial charge in [0.2, 0.25) is 0 Å². The van der Waals surface area contributed by atoms with Gasteiger partial charge in [0.15, 0.2) is 0 Å². The summed E-state index contributed by atoms with van der Waals surface area (Å²) in [6, 6.07) is 6.57. The first kappa shape index (κ1) is 11.3. The molecule has 0 heterocycles. The quantitative estimate of drug-likeness (QED) is 0.693. The normalized spacial score (nSPS) is 8.15. The number of methoxy groups -OCH3 is 1. The van der Waals surface area contributed by atoms with Gasteiger partial charge in [0.1, 0.15) is 11.5 Å². The number of carbonyl (C=O) groups is 1. The van der Waals surface area contributed by atoms with Crippen LogP contribution in [0.5, 0.6) is 11.5 Å². The summed E-state index contributed by atoms with van der Waals surface area (Å²) in [6.45, 7) is 1.08. The summed E-state index contributed by atoms with van der Waals surface area (Å²) in [6.07, 6.45) is 0. The molecule has 0 aliphatic heterocycles. The van der Waals surface area contributed by atoms with Gasteiger partial charge in [-0.15, -0.1) is 0 Å². The highest BCUT2D eigenvalue weighted by Gasteiger charge is 1.87. The van der Waals surface area contributed by atoms with Gasteiger partial charge in [0.05, 0.1) is 7.11 Å². The SMILES string of the molecule is CC(=O)O.COc1ccc(O)cc1. The minimum absolute atomic E-state index is 0.260. The predicted octanol–water partition coefficient (Wildman–Crippen LogP) is 1.49. The van der Waals surface area contributed by atoms with E-state index in [1.54, 1.807) is 31.4 Å². The van der Waals surface area contributed by atoms with Gasteiger partial charge < -0.3 is 14.9 Å². The number of carboxylic acid groups (broad SMARTS) is 1. The van der Waals surface area contributed by atoms with Gasteiger partial charge in [-0.25, -0.2) is 0 Å². The third kappa shape index (κ3) is 6.68. The first-order valence-corrected chi connectivity index (χ1v) is 3.59. The van der Waals surface area contributed by atoms with E-state index in [4.69, 9.17) is 19.7 Å². The molecule has 4 heteroatoms. The summed E-state index contributed by atoms with van der Waals surface area (Å²) in [7, 11) is 1.59. The van der Waals surface area contributed by atoms with Crippen LogP contribution in [0.4, 0.5) is 0 Å². The van der Waals surface area contributed by atoms with E-state index in [0.29, 0.717) is 0 Å². The van der Waals surface area contributed by atoms with Crippen molar-refractivity contribution in [2.24, 2.45) is 0 Å². The second kappa shape index (κ2) is 5.88. The molecular formula is C9H12O4. The fourth-order valence-electron chi connectivity index (χ4n) is 0.582. The molecule has 0 saturated carbocycles. The Balaban J connectivity index is 0.000000310. The largest absolute Gasteiger partial charge is 0.508 e. The molecule has 0 spiro atoms. The smallest absolute Gasteiger partial charge is 0.300 e. The van der Waals surface area contributed by atoms with Crippen molar-refractivity contribution in [3.05, 3.63) is 24.3 Å². The Kier molecular flexibility index (Phi) is 5.11. The van der Waals surface area contributed by atoms with E-state index in [1.807, 2.05) is 0 Å². The van der Waals surface area contributed by atoms with Crippen LogP contribution in [0.25, 0.3) is 0 Å². The van der Waals surface area contributed by atoms with Gasteiger partial charge in [0, 0.05) is 6.92 Å². The van der Waals surface area contributed by atoms with E-state index < -0.39 is 5.97 Å². The minimum Gasteiger partial charge on any atom is -0.508 e. The number of carboxylic acids is 1. The van der Waals surface area contributed by atoms with Crippen molar-refractivity contribution < 1.29 is 19.7 Å². The third-order valence-corrected chi connectivity index (χ3v) is 1.07. The summed E-state index contributed by atoms with van der Waals surface area (Å²) in [4.78, 5) is 9.00. The number of phenols is 1. The maximum Gasteiger partial charge on any atom is 0.300 e. The van der Waals surface area contributed by atoms with Crippen LogP contribution in [0.15, 0.2) is 24.3 Å². The van der Waals surface area contributed by atoms with Crippen LogP contribution in [-0.2, 0) is 4.79 Å². The van der Waals surface area contributed by atoms with Gasteiger partial charge in [-0.2, -0.15) is 0 Å². The van der Waals surface area contributed by atoms with Crippen LogP contribution in [-0.4, -0.2) is 23.3 Å². The van der Waals surface area contributed by atoms with Crippen molar-refractivity contribution in [3.63, 3.8) is 0 Å². The predicted molar refractivity (Wildman–Crippen MR) is 48.0 cm³/mol. The van der Waals surface area contributed by atoms with Gasteiger partial charge in [-0.05, 0) is 24.3 Å². The molecule has 1 aromatic rings. The van der Waals surface area contributed by atoms with E-state index in [1.165, 1.54) is 0 Å². The molecule has 0 unspecified atom stereocenters. The van der Waals surface area contributed by atoms with Gasteiger partial charge >= 0.3 is 0 Å². The molecule has 2 N–H and O–H groups in total. The number of phenolic OH excluding ortho intramolecular Hbond substituents is 1. The lowest BCUT2D eigenvalue weighted by atomic mass is 10.3. The fourth-order valence-corrected chi connectivity index (χ4v) is 0.582. The lowest BCUT2D eigenvalue weighted by Gasteiger charge is -1.96. The van der Waals surface area contributed by atoms with Crippen molar-refractivity contribution in [3.8, 4) is 11.5 Å². The van der Waals surface area contributed by atoms with Gasteiger partial charge in [-0.3, -0.25) is 4.79 Å². The van der Waals surface area contributed by atoms with Crippen molar-refractivity contribution in [1.29, 1.82) is 0 Å². The molecule has 72 valence electrons. The van der Waals surface area contributed by atoms with Crippen molar-refractivity contribution in [2.45, 2.75) is 6.92 Å². The Labute approximate surface area is 76.4 Å². The number of hydrogen-bond acceptors (Lipinski definition) is 3. The van der Waals surface area contributed by atoms with Crippen LogP contribution in [0.3, 0.4) is 0 Å². The molecule has 0 aliphatic rings. The van der Waals surface area contributed by atoms with Crippen LogP contribution in [0.1, 0.15) is 6.92 Å². The first-order valence-electron chi connectivity index (χ1n) is 3.59. The third-order valence-electron chi connectivity index (χ3n) is 1.07. The number of aliphatic carboxylic acids is 1. The number of benzene rings is 1. The summed E-state index contributed by atoms with van der Waals surface area (Å²) in [5, 5.41) is 16.2. The summed E-state index contributed by atoms with van der Waals surface area (Å²) < 4.78 is 4.86. The van der Waals surface area contributed by atoms with E-state index in [-0.39, 0.29) is 5.75 Å². The number of hydrogen-bond donors (Lipinski definition) is 2. The Hall–Kier alpha value is -1.71. The topological polar surface area (TPSA) is 66.8 Å². The highest BCUT2D eigenvalue weighted by atomic mass is 16.5. The summed E-state index contributed by atoms with van der Waals surface area (Å²) >= 11 is 0. The molecule has 13 heavy (non-hydrogen) atoms. The van der Waals surface area contributed by atoms with Crippen LogP contribution in [0.2, 0.25) is 0 Å². The zero-order valence-electron chi connectivity index (χ0n) is 7.52. The average Bonchev–Trinajstić information content (AvgIpc) is 2.05. The lowest BCUT2D eigenvalue weighted by molar-refractivity contribution is -0.134. The molecular weight excluding hydrogens is 172 g/mol. The number of aromatic hydroxyl groups is 1. The Morgan fingerprint density at radius 2 is 1.69 bits per heavy atom. The maximum atomic E-state index is 9.00. The van der Waals surface area contributed by atoms with Crippen molar-refractivity contribution in [2.75, 3.05) is 7.11 Å². The second-order valence-electron chi connectivity index (χ2n) is 2.22. The second-order valence-corrected chi connectivity index (χ2v) is 2.22. The Morgan fingerprint density at radius 1 is 1.31 bits per heavy atom. The molecule has 0 fully saturated rings. The van der Waals surface area contributed by atoms with Crippen molar-refractivity contribution in [1.82, 2.24) is 0 Å². The maximum absolute atomic E-state index is 9.00. The number of rotatable bonds is 1. The minimum atomic E-state index is -0.833. The van der Waals surface area contributed by atoms with Crippen molar-refractivity contribution >= 4 is 5.97 Å². The molecule has 0 bridgehead atoms. The fraction of sp³-hybridized carbons (Fsp3) is 0.222. The van der Waals surface area contributed by atoms with Gasteiger partial charge in [-0.1, -0.05) is 0 Å². The van der Waals surface area contributed by atoms with E-state index in [0.717, 1.165) is 12.7 Å². The Bertz CT molecular complexity index is 249. The van der Waals surface area contributed by atoms with Crippen LogP contribution >= 0.6 is 0 Å². The highest BCUT2D eigenvalue weighted by molar-refractivity contribution is 5.62. The molecule has 1 aromatic carbocycles. The molecule has 0 aliphatic carbocycles. The summed E-state index contributed by atoms with van der Waals surface area (Å²) in [5.41, 5.74) is 0. The monoisotopic (exact) mass is 184 g/mol. The number of ether oxygens (including phenoxy) is 1. The van der Waals surface area contributed by atoms with Gasteiger partial charge in [0.25, 0.3) is 5.97 Å². The standard InChI is InChI=1S/C7H8O2.C2H4O2/c1-9-7-4-2-6(8)3-5-7;1-2(3)4/h2-5,8H,1H3;1H3,(H,3,4). The first-order chi connectivity index (χ1) is 6.06. The van der Waals surface area contributed by atoms with E-state index in [2.05, 4.69) is 0 Å². The molecule has 1 rings (SSSR count). The Morgan fingerprint density at radius 3 is 2.00 bits per heavy atom. The molecule has 4 nitrogen and oxygen atoms in total. The molecule has 0 aromatic heterocycles. The molecule has 0 amide bonds. The van der Waals surface area contributed by atoms with E-state index >= 15 is 0 Å². The van der Waals surface area contributed by atoms with E-state index in [9.17, 15) is 0 Å². The highest BCUT2D eigenvalue weighted by Crippen LogP contribution is 2.14. The average molecular weight is 184 g/mol. The molecule has 0 saturated heterocycles. The van der Waals surface area contributed by atoms with Crippen LogP contribution in [0, 0.1) is 0 Å². The lowest BCUT2D eigenvalue weighted by Crippen LogP contribution is -1.79. The molecule has 0 atom stereocenters. The summed E-state index contributed by atoms with van der Waals surface area (Å²) in [5.74, 6) is 0.184. The van der Waals surface area contributed by atoms with Crippen LogP contribution < -0.4 is 4.74 Å². The zero-order chi connectivity index (χ0) is 10.3.